The molecular weight excluding hydrogens is 332 g/mol. The van der Waals surface area contributed by atoms with Gasteiger partial charge >= 0.3 is 0 Å². The standard InChI is InChI=1S/C19H22N4O3/c1-22(15-5-3-2-4-6-15)18(24)16-7-8-17(21-20-16)23-11-9-19(10-12-23)25-13-14-26-19/h2-8H,9-14H2,1H3. The lowest BCUT2D eigenvalue weighted by Gasteiger charge is -2.37. The van der Waals surface area contributed by atoms with Crippen molar-refractivity contribution in [1.29, 1.82) is 0 Å². The second-order valence-corrected chi connectivity index (χ2v) is 6.57. The number of carbonyl (C=O) groups is 1. The first-order chi connectivity index (χ1) is 12.7. The molecule has 136 valence electrons. The second kappa shape index (κ2) is 7.01. The number of piperidine rings is 1. The van der Waals surface area contributed by atoms with Gasteiger partial charge in [0.1, 0.15) is 0 Å². The van der Waals surface area contributed by atoms with Crippen LogP contribution in [0.1, 0.15) is 23.3 Å². The monoisotopic (exact) mass is 354 g/mol. The fraction of sp³-hybridized carbons (Fsp3) is 0.421. The van der Waals surface area contributed by atoms with Gasteiger partial charge in [0.25, 0.3) is 5.91 Å². The Morgan fingerprint density at radius 2 is 1.73 bits per heavy atom. The van der Waals surface area contributed by atoms with Gasteiger partial charge in [-0.25, -0.2) is 0 Å². The van der Waals surface area contributed by atoms with Gasteiger partial charge in [-0.3, -0.25) is 4.79 Å². The molecule has 1 aromatic carbocycles. The minimum Gasteiger partial charge on any atom is -0.355 e. The molecule has 26 heavy (non-hydrogen) atoms. The number of aromatic nitrogens is 2. The minimum atomic E-state index is -0.405. The van der Waals surface area contributed by atoms with Crippen LogP contribution in [0.15, 0.2) is 42.5 Å². The van der Waals surface area contributed by atoms with Gasteiger partial charge in [0.05, 0.1) is 13.2 Å². The van der Waals surface area contributed by atoms with Crippen molar-refractivity contribution in [2.75, 3.05) is 43.2 Å². The van der Waals surface area contributed by atoms with Crippen LogP contribution < -0.4 is 9.80 Å². The summed E-state index contributed by atoms with van der Waals surface area (Å²) in [5.74, 6) is 0.190. The molecule has 7 nitrogen and oxygen atoms in total. The van der Waals surface area contributed by atoms with Crippen LogP contribution in [0.2, 0.25) is 0 Å². The fourth-order valence-corrected chi connectivity index (χ4v) is 3.41. The Balaban J connectivity index is 1.41. The van der Waals surface area contributed by atoms with Crippen molar-refractivity contribution in [2.24, 2.45) is 0 Å². The summed E-state index contributed by atoms with van der Waals surface area (Å²) in [7, 11) is 1.74. The number of rotatable bonds is 3. The molecule has 2 aliphatic rings. The van der Waals surface area contributed by atoms with Crippen molar-refractivity contribution in [3.63, 3.8) is 0 Å². The molecule has 1 spiro atoms. The van der Waals surface area contributed by atoms with Crippen molar-refractivity contribution in [2.45, 2.75) is 18.6 Å². The lowest BCUT2D eigenvalue weighted by atomic mass is 10.0. The number of hydrogen-bond acceptors (Lipinski definition) is 6. The van der Waals surface area contributed by atoms with Gasteiger partial charge in [0.15, 0.2) is 17.3 Å². The van der Waals surface area contributed by atoms with Crippen molar-refractivity contribution >= 4 is 17.4 Å². The topological polar surface area (TPSA) is 67.8 Å². The summed E-state index contributed by atoms with van der Waals surface area (Å²) in [4.78, 5) is 16.3. The number of ether oxygens (including phenoxy) is 2. The maximum atomic E-state index is 12.6. The van der Waals surface area contributed by atoms with E-state index in [0.29, 0.717) is 18.9 Å². The van der Waals surface area contributed by atoms with Crippen molar-refractivity contribution in [3.05, 3.63) is 48.2 Å². The average molecular weight is 354 g/mol. The van der Waals surface area contributed by atoms with Crippen molar-refractivity contribution in [1.82, 2.24) is 10.2 Å². The molecule has 2 aromatic rings. The Bertz CT molecular complexity index is 750. The van der Waals surface area contributed by atoms with Gasteiger partial charge < -0.3 is 19.3 Å². The van der Waals surface area contributed by atoms with E-state index in [4.69, 9.17) is 9.47 Å². The highest BCUT2D eigenvalue weighted by molar-refractivity contribution is 6.04. The molecular formula is C19H22N4O3. The number of amides is 1. The average Bonchev–Trinajstić information content (AvgIpc) is 3.16. The molecule has 1 aromatic heterocycles. The van der Waals surface area contributed by atoms with Gasteiger partial charge in [-0.1, -0.05) is 18.2 Å². The first kappa shape index (κ1) is 16.9. The first-order valence-corrected chi connectivity index (χ1v) is 8.87. The summed E-state index contributed by atoms with van der Waals surface area (Å²) < 4.78 is 11.5. The van der Waals surface area contributed by atoms with E-state index in [9.17, 15) is 4.79 Å². The molecule has 2 aliphatic heterocycles. The molecule has 0 saturated carbocycles. The molecule has 3 heterocycles. The van der Waals surface area contributed by atoms with Crippen LogP contribution in [-0.4, -0.2) is 55.2 Å². The van der Waals surface area contributed by atoms with E-state index >= 15 is 0 Å². The molecule has 2 saturated heterocycles. The van der Waals surface area contributed by atoms with E-state index in [2.05, 4.69) is 15.1 Å². The van der Waals surface area contributed by atoms with Gasteiger partial charge in [0, 0.05) is 38.7 Å². The van der Waals surface area contributed by atoms with E-state index in [1.54, 1.807) is 18.0 Å². The summed E-state index contributed by atoms with van der Waals surface area (Å²) in [5, 5.41) is 8.41. The highest BCUT2D eigenvalue weighted by atomic mass is 16.7. The summed E-state index contributed by atoms with van der Waals surface area (Å²) in [5.41, 5.74) is 1.15. The smallest absolute Gasteiger partial charge is 0.278 e. The summed E-state index contributed by atoms with van der Waals surface area (Å²) >= 11 is 0. The quantitative estimate of drug-likeness (QED) is 0.841. The predicted molar refractivity (Wildman–Crippen MR) is 97.3 cm³/mol. The van der Waals surface area contributed by atoms with Gasteiger partial charge in [-0.05, 0) is 24.3 Å². The number of nitrogens with zero attached hydrogens (tertiary/aromatic N) is 4. The number of anilines is 2. The normalized spacial score (nSPS) is 18.9. The molecule has 0 aliphatic carbocycles. The highest BCUT2D eigenvalue weighted by Gasteiger charge is 2.40. The third kappa shape index (κ3) is 3.27. The Morgan fingerprint density at radius 3 is 2.35 bits per heavy atom. The number of para-hydroxylation sites is 1. The summed E-state index contributed by atoms with van der Waals surface area (Å²) in [6, 6.07) is 13.1. The number of benzene rings is 1. The maximum Gasteiger partial charge on any atom is 0.278 e. The van der Waals surface area contributed by atoms with Crippen LogP contribution in [-0.2, 0) is 9.47 Å². The lowest BCUT2D eigenvalue weighted by Crippen LogP contribution is -2.45. The molecule has 0 bridgehead atoms. The molecule has 4 rings (SSSR count). The Kier molecular flexibility index (Phi) is 4.57. The van der Waals surface area contributed by atoms with Crippen molar-refractivity contribution in [3.8, 4) is 0 Å². The summed E-state index contributed by atoms with van der Waals surface area (Å²) in [6.07, 6.45) is 1.62. The summed E-state index contributed by atoms with van der Waals surface area (Å²) in [6.45, 7) is 2.94. The molecule has 7 heteroatoms. The molecule has 0 N–H and O–H groups in total. The molecule has 0 unspecified atom stereocenters. The lowest BCUT2D eigenvalue weighted by molar-refractivity contribution is -0.169. The molecule has 2 fully saturated rings. The number of hydrogen-bond donors (Lipinski definition) is 0. The van der Waals surface area contributed by atoms with Gasteiger partial charge in [-0.15, -0.1) is 10.2 Å². The van der Waals surface area contributed by atoms with E-state index in [0.717, 1.165) is 37.4 Å². The van der Waals surface area contributed by atoms with Crippen LogP contribution in [0.4, 0.5) is 11.5 Å². The second-order valence-electron chi connectivity index (χ2n) is 6.57. The van der Waals surface area contributed by atoms with E-state index in [-0.39, 0.29) is 5.91 Å². The van der Waals surface area contributed by atoms with Crippen LogP contribution in [0.5, 0.6) is 0 Å². The maximum absolute atomic E-state index is 12.6. The van der Waals surface area contributed by atoms with Gasteiger partial charge in [-0.2, -0.15) is 0 Å². The zero-order valence-corrected chi connectivity index (χ0v) is 14.8. The van der Waals surface area contributed by atoms with Crippen LogP contribution in [0, 0.1) is 0 Å². The predicted octanol–water partition coefficient (Wildman–Crippen LogP) is 2.10. The van der Waals surface area contributed by atoms with E-state index in [1.165, 1.54) is 0 Å². The number of carbonyl (C=O) groups excluding carboxylic acids is 1. The Morgan fingerprint density at radius 1 is 1.04 bits per heavy atom. The van der Waals surface area contributed by atoms with Crippen molar-refractivity contribution < 1.29 is 14.3 Å². The molecule has 1 amide bonds. The van der Waals surface area contributed by atoms with E-state index in [1.807, 2.05) is 36.4 Å². The van der Waals surface area contributed by atoms with E-state index < -0.39 is 5.79 Å². The third-order valence-electron chi connectivity index (χ3n) is 4.98. The minimum absolute atomic E-state index is 0.180. The first-order valence-electron chi connectivity index (χ1n) is 8.87. The zero-order chi connectivity index (χ0) is 18.0. The highest BCUT2D eigenvalue weighted by Crippen LogP contribution is 2.32. The Labute approximate surface area is 152 Å². The van der Waals surface area contributed by atoms with Crippen LogP contribution in [0.25, 0.3) is 0 Å². The zero-order valence-electron chi connectivity index (χ0n) is 14.8. The molecule has 0 radical (unpaired) electrons. The fourth-order valence-electron chi connectivity index (χ4n) is 3.41. The van der Waals surface area contributed by atoms with Crippen LogP contribution >= 0.6 is 0 Å². The Hall–Kier alpha value is -2.51. The van der Waals surface area contributed by atoms with Gasteiger partial charge in [0.2, 0.25) is 0 Å². The third-order valence-corrected chi connectivity index (χ3v) is 4.98. The van der Waals surface area contributed by atoms with Crippen LogP contribution in [0.3, 0.4) is 0 Å². The largest absolute Gasteiger partial charge is 0.355 e. The molecule has 0 atom stereocenters. The SMILES string of the molecule is CN(C(=O)c1ccc(N2CCC3(CC2)OCCO3)nn1)c1ccccc1.